The number of nitrogens with one attached hydrogen (secondary N) is 2. The van der Waals surface area contributed by atoms with E-state index in [2.05, 4.69) is 5.32 Å². The predicted octanol–water partition coefficient (Wildman–Crippen LogP) is 3.90. The lowest BCUT2D eigenvalue weighted by atomic mass is 9.82. The smallest absolute Gasteiger partial charge is 0.311 e. The second kappa shape index (κ2) is 10.7. The van der Waals surface area contributed by atoms with E-state index in [1.807, 2.05) is 5.16 Å². The van der Waals surface area contributed by atoms with Crippen LogP contribution in [0.4, 0.5) is 4.39 Å². The summed E-state index contributed by atoms with van der Waals surface area (Å²) in [6.45, 7) is 1.46. The SMILES string of the molecule is COCC(C)(CC(Cc1ccc(-c2cc(Cl)ccc2F)cc1)NC(=O)c1cc(=O)[nH]o1)C(=O)O. The average Bonchev–Trinajstić information content (AvgIpc) is 3.22. The van der Waals surface area contributed by atoms with Crippen molar-refractivity contribution >= 4 is 23.5 Å². The second-order valence-corrected chi connectivity index (χ2v) is 8.71. The van der Waals surface area contributed by atoms with Gasteiger partial charge in [0.1, 0.15) is 5.82 Å². The molecule has 0 saturated carbocycles. The maximum Gasteiger partial charge on any atom is 0.311 e. The summed E-state index contributed by atoms with van der Waals surface area (Å²) in [6.07, 6.45) is 0.312. The van der Waals surface area contributed by atoms with E-state index in [4.69, 9.17) is 20.9 Å². The lowest BCUT2D eigenvalue weighted by Crippen LogP contribution is -2.44. The van der Waals surface area contributed by atoms with Gasteiger partial charge < -0.3 is 19.7 Å². The largest absolute Gasteiger partial charge is 0.481 e. The van der Waals surface area contributed by atoms with Crippen molar-refractivity contribution in [2.24, 2.45) is 5.41 Å². The normalized spacial score (nSPS) is 13.8. The molecule has 1 aromatic heterocycles. The van der Waals surface area contributed by atoms with Gasteiger partial charge in [0.25, 0.3) is 11.5 Å². The number of hydrogen-bond donors (Lipinski definition) is 3. The number of carboxylic acid groups (broad SMARTS) is 1. The molecule has 34 heavy (non-hydrogen) atoms. The number of ether oxygens (including phenoxy) is 1. The molecule has 1 heterocycles. The molecule has 0 fully saturated rings. The molecule has 10 heteroatoms. The summed E-state index contributed by atoms with van der Waals surface area (Å²) in [6, 6.07) is 11.6. The summed E-state index contributed by atoms with van der Waals surface area (Å²) >= 11 is 5.99. The number of carbonyl (C=O) groups excluding carboxylic acids is 1. The number of methoxy groups -OCH3 is 1. The fourth-order valence-electron chi connectivity index (χ4n) is 3.72. The molecule has 3 N–H and O–H groups in total. The number of aromatic amines is 1. The standard InChI is InChI=1S/C24H24ClFN2O6/c1-24(13-33-2,23(31)32)12-17(27-22(30)20-11-21(29)28-34-20)9-14-3-5-15(6-4-14)18-10-16(25)7-8-19(18)26/h3-8,10-11,17H,9,12-13H2,1-2H3,(H,27,30)(H,28,29)(H,31,32). The van der Waals surface area contributed by atoms with Crippen molar-refractivity contribution in [3.05, 3.63) is 81.0 Å². The maximum atomic E-state index is 14.2. The summed E-state index contributed by atoms with van der Waals surface area (Å²) in [5, 5.41) is 14.9. The fraction of sp³-hybridized carbons (Fsp3) is 0.292. The van der Waals surface area contributed by atoms with Gasteiger partial charge in [-0.25, -0.2) is 4.39 Å². The maximum absolute atomic E-state index is 14.2. The minimum Gasteiger partial charge on any atom is -0.481 e. The van der Waals surface area contributed by atoms with E-state index in [0.717, 1.165) is 11.6 Å². The van der Waals surface area contributed by atoms with Crippen LogP contribution >= 0.6 is 11.6 Å². The molecule has 0 aliphatic rings. The van der Waals surface area contributed by atoms with E-state index in [1.165, 1.54) is 32.2 Å². The van der Waals surface area contributed by atoms with Crippen LogP contribution in [0.15, 0.2) is 57.8 Å². The number of benzene rings is 2. The van der Waals surface area contributed by atoms with Crippen molar-refractivity contribution in [2.45, 2.75) is 25.8 Å². The predicted molar refractivity (Wildman–Crippen MR) is 123 cm³/mol. The zero-order chi connectivity index (χ0) is 24.9. The highest BCUT2D eigenvalue weighted by Crippen LogP contribution is 2.28. The summed E-state index contributed by atoms with van der Waals surface area (Å²) in [7, 11) is 1.40. The highest BCUT2D eigenvalue weighted by Gasteiger charge is 2.37. The zero-order valence-electron chi connectivity index (χ0n) is 18.6. The molecule has 3 aromatic rings. The Kier molecular flexibility index (Phi) is 7.90. The Morgan fingerprint density at radius 2 is 1.94 bits per heavy atom. The minimum atomic E-state index is -1.28. The van der Waals surface area contributed by atoms with Crippen LogP contribution in [0.5, 0.6) is 0 Å². The summed E-state index contributed by atoms with van der Waals surface area (Å²) < 4.78 is 24.1. The first-order valence-corrected chi connectivity index (χ1v) is 10.7. The minimum absolute atomic E-state index is 0.0429. The van der Waals surface area contributed by atoms with E-state index >= 15 is 0 Å². The lowest BCUT2D eigenvalue weighted by molar-refractivity contribution is -0.152. The van der Waals surface area contributed by atoms with E-state index in [-0.39, 0.29) is 25.2 Å². The number of hydrogen-bond acceptors (Lipinski definition) is 5. The molecule has 0 saturated heterocycles. The highest BCUT2D eigenvalue weighted by atomic mass is 35.5. The Hall–Kier alpha value is -3.43. The Morgan fingerprint density at radius 3 is 2.53 bits per heavy atom. The molecule has 0 aliphatic carbocycles. The van der Waals surface area contributed by atoms with E-state index in [9.17, 15) is 23.9 Å². The van der Waals surface area contributed by atoms with Crippen molar-refractivity contribution in [3.63, 3.8) is 0 Å². The molecular formula is C24H24ClFN2O6. The molecule has 180 valence electrons. The number of H-pyrrole nitrogens is 1. The van der Waals surface area contributed by atoms with Crippen LogP contribution in [-0.2, 0) is 16.0 Å². The average molecular weight is 491 g/mol. The molecule has 0 aliphatic heterocycles. The third-order valence-electron chi connectivity index (χ3n) is 5.43. The van der Waals surface area contributed by atoms with E-state index in [0.29, 0.717) is 16.1 Å². The number of amides is 1. The van der Waals surface area contributed by atoms with Crippen LogP contribution in [0.2, 0.25) is 5.02 Å². The van der Waals surface area contributed by atoms with Gasteiger partial charge in [-0.15, -0.1) is 0 Å². The van der Waals surface area contributed by atoms with Gasteiger partial charge in [-0.3, -0.25) is 14.4 Å². The first-order valence-electron chi connectivity index (χ1n) is 10.4. The van der Waals surface area contributed by atoms with Crippen LogP contribution in [0.1, 0.15) is 29.5 Å². The zero-order valence-corrected chi connectivity index (χ0v) is 19.3. The molecule has 2 atom stereocenters. The lowest BCUT2D eigenvalue weighted by Gasteiger charge is -2.29. The Labute approximate surface area is 199 Å². The molecule has 3 rings (SSSR count). The van der Waals surface area contributed by atoms with Crippen LogP contribution in [0.25, 0.3) is 11.1 Å². The molecule has 1 amide bonds. The summed E-state index contributed by atoms with van der Waals surface area (Å²) in [5.41, 5.74) is -0.106. The van der Waals surface area contributed by atoms with E-state index in [1.54, 1.807) is 24.3 Å². The molecular weight excluding hydrogens is 467 g/mol. The van der Waals surface area contributed by atoms with Gasteiger partial charge in [0, 0.05) is 23.7 Å². The Bertz CT molecular complexity index is 1220. The van der Waals surface area contributed by atoms with Crippen LogP contribution in [-0.4, -0.2) is 41.9 Å². The molecule has 2 aromatic carbocycles. The third-order valence-corrected chi connectivity index (χ3v) is 5.67. The number of halogens is 2. The second-order valence-electron chi connectivity index (χ2n) is 8.28. The van der Waals surface area contributed by atoms with E-state index < -0.39 is 34.7 Å². The topological polar surface area (TPSA) is 122 Å². The van der Waals surface area contributed by atoms with Gasteiger partial charge in [0.05, 0.1) is 18.1 Å². The molecule has 0 radical (unpaired) electrons. The summed E-state index contributed by atoms with van der Waals surface area (Å²) in [4.78, 5) is 35.8. The van der Waals surface area contributed by atoms with Crippen molar-refractivity contribution in [2.75, 3.05) is 13.7 Å². The number of carbonyl (C=O) groups is 2. The molecule has 2 unspecified atom stereocenters. The first-order chi connectivity index (χ1) is 16.1. The van der Waals surface area contributed by atoms with Gasteiger partial charge in [-0.2, -0.15) is 5.16 Å². The van der Waals surface area contributed by atoms with Gasteiger partial charge >= 0.3 is 5.97 Å². The van der Waals surface area contributed by atoms with Gasteiger partial charge in [-0.1, -0.05) is 35.9 Å². The van der Waals surface area contributed by atoms with Crippen LogP contribution in [0, 0.1) is 11.2 Å². The molecule has 0 spiro atoms. The van der Waals surface area contributed by atoms with Gasteiger partial charge in [-0.05, 0) is 49.1 Å². The van der Waals surface area contributed by atoms with Crippen molar-refractivity contribution in [1.82, 2.24) is 10.5 Å². The van der Waals surface area contributed by atoms with Gasteiger partial charge in [0.15, 0.2) is 0 Å². The van der Waals surface area contributed by atoms with Crippen molar-refractivity contribution in [1.29, 1.82) is 0 Å². The highest BCUT2D eigenvalue weighted by molar-refractivity contribution is 6.30. The molecule has 0 bridgehead atoms. The van der Waals surface area contributed by atoms with Crippen LogP contribution < -0.4 is 10.9 Å². The van der Waals surface area contributed by atoms with Crippen molar-refractivity contribution < 1.29 is 28.3 Å². The Balaban J connectivity index is 1.85. The quantitative estimate of drug-likeness (QED) is 0.396. The number of rotatable bonds is 10. The van der Waals surface area contributed by atoms with Crippen LogP contribution in [0.3, 0.4) is 0 Å². The third kappa shape index (κ3) is 6.12. The number of aliphatic carboxylic acids is 1. The first kappa shape index (κ1) is 25.2. The Morgan fingerprint density at radius 1 is 1.24 bits per heavy atom. The monoisotopic (exact) mass is 490 g/mol. The number of aromatic nitrogens is 1. The summed E-state index contributed by atoms with van der Waals surface area (Å²) in [5.74, 6) is -2.36. The number of carboxylic acids is 1. The van der Waals surface area contributed by atoms with Gasteiger partial charge in [0.2, 0.25) is 5.76 Å². The fourth-order valence-corrected chi connectivity index (χ4v) is 3.89. The molecule has 8 nitrogen and oxygen atoms in total. The van der Waals surface area contributed by atoms with Crippen molar-refractivity contribution in [3.8, 4) is 11.1 Å².